The van der Waals surface area contributed by atoms with Gasteiger partial charge in [-0.1, -0.05) is 43.7 Å². The second-order valence-corrected chi connectivity index (χ2v) is 8.12. The van der Waals surface area contributed by atoms with Crippen molar-refractivity contribution < 1.29 is 17.9 Å². The van der Waals surface area contributed by atoms with Gasteiger partial charge in [-0.3, -0.25) is 9.10 Å². The lowest BCUT2D eigenvalue weighted by Crippen LogP contribution is -2.43. The van der Waals surface area contributed by atoms with E-state index in [-0.39, 0.29) is 23.4 Å². The minimum absolute atomic E-state index is 0.0264. The Kier molecular flexibility index (Phi) is 7.24. The van der Waals surface area contributed by atoms with Crippen molar-refractivity contribution in [3.63, 3.8) is 0 Å². The smallest absolute Gasteiger partial charge is 0.264 e. The summed E-state index contributed by atoms with van der Waals surface area (Å²) in [6, 6.07) is 14.8. The van der Waals surface area contributed by atoms with Crippen molar-refractivity contribution in [2.75, 3.05) is 18.0 Å². The Morgan fingerprint density at radius 3 is 2.37 bits per heavy atom. The summed E-state index contributed by atoms with van der Waals surface area (Å²) in [4.78, 5) is 12.6. The summed E-state index contributed by atoms with van der Waals surface area (Å²) in [6.45, 7) is 3.61. The molecule has 7 heteroatoms. The zero-order chi connectivity index (χ0) is 19.9. The van der Waals surface area contributed by atoms with Crippen LogP contribution < -0.4 is 14.4 Å². The molecule has 0 aliphatic rings. The Bertz CT molecular complexity index is 853. The molecule has 0 aliphatic carbocycles. The minimum Gasteiger partial charge on any atom is -0.495 e. The van der Waals surface area contributed by atoms with Gasteiger partial charge in [-0.2, -0.15) is 0 Å². The number of amides is 1. The van der Waals surface area contributed by atoms with Gasteiger partial charge < -0.3 is 10.1 Å². The van der Waals surface area contributed by atoms with E-state index in [1.54, 1.807) is 42.5 Å². The lowest BCUT2D eigenvalue weighted by Gasteiger charge is -2.26. The average molecular weight is 391 g/mol. The third-order valence-corrected chi connectivity index (χ3v) is 5.88. The number of carbonyl (C=O) groups excluding carboxylic acids is 1. The molecule has 0 heterocycles. The van der Waals surface area contributed by atoms with Gasteiger partial charge in [0.05, 0.1) is 17.7 Å². The van der Waals surface area contributed by atoms with Crippen LogP contribution in [0.25, 0.3) is 0 Å². The molecular formula is C20H26N2O4S. The number of sulfonamides is 1. The standard InChI is InChI=1S/C20H26N2O4S/c1-4-10-16(2)21-20(23)15-22(18-13-8-9-14-19(18)26-3)27(24,25)17-11-6-5-7-12-17/h5-9,11-14,16H,4,10,15H2,1-3H3,(H,21,23)/t16-/m0/s1. The summed E-state index contributed by atoms with van der Waals surface area (Å²) in [7, 11) is -2.47. The van der Waals surface area contributed by atoms with Crippen LogP contribution in [0.15, 0.2) is 59.5 Å². The van der Waals surface area contributed by atoms with Crippen molar-refractivity contribution in [1.82, 2.24) is 5.32 Å². The fourth-order valence-electron chi connectivity index (χ4n) is 2.81. The van der Waals surface area contributed by atoms with Gasteiger partial charge in [0, 0.05) is 6.04 Å². The highest BCUT2D eigenvalue weighted by Gasteiger charge is 2.29. The van der Waals surface area contributed by atoms with Crippen LogP contribution in [0, 0.1) is 0 Å². The van der Waals surface area contributed by atoms with E-state index in [1.807, 2.05) is 13.8 Å². The Morgan fingerprint density at radius 1 is 1.11 bits per heavy atom. The van der Waals surface area contributed by atoms with Crippen LogP contribution in [0.3, 0.4) is 0 Å². The average Bonchev–Trinajstić information content (AvgIpc) is 2.67. The second-order valence-electron chi connectivity index (χ2n) is 6.25. The number of anilines is 1. The lowest BCUT2D eigenvalue weighted by atomic mass is 10.2. The van der Waals surface area contributed by atoms with Gasteiger partial charge in [0.1, 0.15) is 12.3 Å². The van der Waals surface area contributed by atoms with Gasteiger partial charge in [-0.15, -0.1) is 0 Å². The number of nitrogens with zero attached hydrogens (tertiary/aromatic N) is 1. The van der Waals surface area contributed by atoms with Crippen LogP contribution in [-0.4, -0.2) is 34.0 Å². The van der Waals surface area contributed by atoms with Crippen LogP contribution >= 0.6 is 0 Å². The predicted octanol–water partition coefficient (Wildman–Crippen LogP) is 3.20. The first-order valence-electron chi connectivity index (χ1n) is 8.90. The molecule has 1 amide bonds. The molecule has 0 radical (unpaired) electrons. The highest BCUT2D eigenvalue weighted by atomic mass is 32.2. The first kappa shape index (κ1) is 20.8. The molecule has 1 N–H and O–H groups in total. The van der Waals surface area contributed by atoms with Gasteiger partial charge in [-0.05, 0) is 37.6 Å². The van der Waals surface area contributed by atoms with Crippen molar-refractivity contribution >= 4 is 21.6 Å². The number of rotatable bonds is 9. The number of carbonyl (C=O) groups is 1. The fourth-order valence-corrected chi connectivity index (χ4v) is 4.26. The van der Waals surface area contributed by atoms with Crippen LogP contribution in [0.5, 0.6) is 5.75 Å². The number of hydrogen-bond acceptors (Lipinski definition) is 4. The Hall–Kier alpha value is -2.54. The molecule has 1 atom stereocenters. The topological polar surface area (TPSA) is 75.7 Å². The molecule has 0 saturated carbocycles. The van der Waals surface area contributed by atoms with Crippen LogP contribution in [-0.2, 0) is 14.8 Å². The summed E-state index contributed by atoms with van der Waals surface area (Å²) in [5, 5.41) is 2.86. The van der Waals surface area contributed by atoms with E-state index in [9.17, 15) is 13.2 Å². The number of para-hydroxylation sites is 2. The highest BCUT2D eigenvalue weighted by molar-refractivity contribution is 7.92. The van der Waals surface area contributed by atoms with Crippen LogP contribution in [0.2, 0.25) is 0 Å². The van der Waals surface area contributed by atoms with Gasteiger partial charge in [0.25, 0.3) is 10.0 Å². The van der Waals surface area contributed by atoms with E-state index >= 15 is 0 Å². The molecule has 0 aromatic heterocycles. The maximum atomic E-state index is 13.2. The first-order chi connectivity index (χ1) is 12.9. The van der Waals surface area contributed by atoms with E-state index in [4.69, 9.17) is 4.74 Å². The summed E-state index contributed by atoms with van der Waals surface area (Å²) >= 11 is 0. The normalized spacial score (nSPS) is 12.3. The molecule has 146 valence electrons. The second kappa shape index (κ2) is 9.41. The van der Waals surface area contributed by atoms with E-state index < -0.39 is 10.0 Å². The van der Waals surface area contributed by atoms with Crippen molar-refractivity contribution in [3.8, 4) is 5.75 Å². The zero-order valence-electron chi connectivity index (χ0n) is 15.9. The van der Waals surface area contributed by atoms with E-state index in [1.165, 1.54) is 19.2 Å². The van der Waals surface area contributed by atoms with Gasteiger partial charge in [0.2, 0.25) is 5.91 Å². The maximum Gasteiger partial charge on any atom is 0.264 e. The molecule has 2 aromatic rings. The molecule has 0 saturated heterocycles. The number of benzene rings is 2. The third-order valence-electron chi connectivity index (χ3n) is 4.10. The molecule has 0 fully saturated rings. The van der Waals surface area contributed by atoms with E-state index in [2.05, 4.69) is 5.32 Å². The SMILES string of the molecule is CCC[C@H](C)NC(=O)CN(c1ccccc1OC)S(=O)(=O)c1ccccc1. The van der Waals surface area contributed by atoms with Crippen molar-refractivity contribution in [2.24, 2.45) is 0 Å². The van der Waals surface area contributed by atoms with E-state index in [0.717, 1.165) is 17.1 Å². The molecule has 0 spiro atoms. The van der Waals surface area contributed by atoms with E-state index in [0.29, 0.717) is 11.4 Å². The Balaban J connectivity index is 2.42. The minimum atomic E-state index is -3.94. The van der Waals surface area contributed by atoms with Crippen LogP contribution in [0.1, 0.15) is 26.7 Å². The van der Waals surface area contributed by atoms with Crippen molar-refractivity contribution in [2.45, 2.75) is 37.6 Å². The molecule has 6 nitrogen and oxygen atoms in total. The molecule has 2 rings (SSSR count). The summed E-state index contributed by atoms with van der Waals surface area (Å²) in [5.74, 6) is 0.0211. The van der Waals surface area contributed by atoms with Gasteiger partial charge in [-0.25, -0.2) is 8.42 Å². The van der Waals surface area contributed by atoms with Crippen molar-refractivity contribution in [1.29, 1.82) is 0 Å². The first-order valence-corrected chi connectivity index (χ1v) is 10.3. The quantitative estimate of drug-likeness (QED) is 0.713. The fraction of sp³-hybridized carbons (Fsp3) is 0.350. The number of ether oxygens (including phenoxy) is 1. The monoisotopic (exact) mass is 390 g/mol. The largest absolute Gasteiger partial charge is 0.495 e. The lowest BCUT2D eigenvalue weighted by molar-refractivity contribution is -0.120. The number of methoxy groups -OCH3 is 1. The zero-order valence-corrected chi connectivity index (χ0v) is 16.7. The van der Waals surface area contributed by atoms with Crippen LogP contribution in [0.4, 0.5) is 5.69 Å². The summed E-state index contributed by atoms with van der Waals surface area (Å²) in [5.41, 5.74) is 0.321. The number of hydrogen-bond donors (Lipinski definition) is 1. The highest BCUT2D eigenvalue weighted by Crippen LogP contribution is 2.32. The Labute approximate surface area is 161 Å². The third kappa shape index (κ3) is 5.23. The maximum absolute atomic E-state index is 13.2. The predicted molar refractivity (Wildman–Crippen MR) is 106 cm³/mol. The molecule has 27 heavy (non-hydrogen) atoms. The molecule has 0 unspecified atom stereocenters. The molecule has 0 aliphatic heterocycles. The Morgan fingerprint density at radius 2 is 1.74 bits per heavy atom. The van der Waals surface area contributed by atoms with Gasteiger partial charge in [0.15, 0.2) is 0 Å². The molecule has 2 aromatic carbocycles. The number of nitrogens with one attached hydrogen (secondary N) is 1. The van der Waals surface area contributed by atoms with Gasteiger partial charge >= 0.3 is 0 Å². The molecular weight excluding hydrogens is 364 g/mol. The molecule has 0 bridgehead atoms. The van der Waals surface area contributed by atoms with Crippen molar-refractivity contribution in [3.05, 3.63) is 54.6 Å². The summed E-state index contributed by atoms with van der Waals surface area (Å²) in [6.07, 6.45) is 1.76. The summed E-state index contributed by atoms with van der Waals surface area (Å²) < 4.78 is 32.9.